The van der Waals surface area contributed by atoms with E-state index in [1.165, 1.54) is 13.1 Å². The van der Waals surface area contributed by atoms with Gasteiger partial charge in [0.2, 0.25) is 0 Å². The lowest BCUT2D eigenvalue weighted by atomic mass is 10.0. The van der Waals surface area contributed by atoms with Crippen LogP contribution in [-0.4, -0.2) is 124 Å². The normalized spacial score (nSPS) is 17.4. The minimum atomic E-state index is -1.26. The maximum Gasteiger partial charge on any atom is 0.328 e. The number of carboxylic acids is 4. The third-order valence-electron chi connectivity index (χ3n) is 7.08. The van der Waals surface area contributed by atoms with Crippen LogP contribution in [0.3, 0.4) is 0 Å². The molecule has 1 aromatic heterocycles. The predicted molar refractivity (Wildman–Crippen MR) is 166 cm³/mol. The molecule has 0 radical (unpaired) electrons. The molecule has 0 spiro atoms. The number of aliphatic carboxylic acids is 4. The van der Waals surface area contributed by atoms with Crippen molar-refractivity contribution >= 4 is 29.7 Å². The number of likely N-dealkylation sites (N-methyl/N-ethyl adjacent to an activating group) is 1. The topological polar surface area (TPSA) is 194 Å². The molecule has 45 heavy (non-hydrogen) atoms. The van der Waals surface area contributed by atoms with Gasteiger partial charge in [0.25, 0.3) is 0 Å². The Morgan fingerprint density at radius 2 is 1.36 bits per heavy atom. The molecule has 244 valence electrons. The summed E-state index contributed by atoms with van der Waals surface area (Å²) in [4.78, 5) is 45.4. The predicted octanol–water partition coefficient (Wildman–Crippen LogP) is 2.29. The van der Waals surface area contributed by atoms with Crippen molar-refractivity contribution < 1.29 is 44.3 Å². The lowest BCUT2D eigenvalue weighted by Crippen LogP contribution is -2.27. The highest BCUT2D eigenvalue weighted by Crippen LogP contribution is 2.32. The Hall–Kier alpha value is -4.82. The highest BCUT2D eigenvalue weighted by atomic mass is 16.5. The molecule has 2 fully saturated rings. The van der Waals surface area contributed by atoms with Gasteiger partial charge in [0.15, 0.2) is 5.82 Å². The number of carbonyl (C=O) groups is 4. The van der Waals surface area contributed by atoms with Crippen LogP contribution in [0.4, 0.5) is 5.82 Å². The summed E-state index contributed by atoms with van der Waals surface area (Å²) in [6, 6.07) is 12.3. The lowest BCUT2D eigenvalue weighted by molar-refractivity contribution is -0.134. The fourth-order valence-electron chi connectivity index (χ4n) is 4.93. The number of likely N-dealkylation sites (tertiary alicyclic amines) is 1. The van der Waals surface area contributed by atoms with Crippen LogP contribution in [-0.2, 0) is 19.2 Å². The van der Waals surface area contributed by atoms with Crippen molar-refractivity contribution in [1.82, 2.24) is 20.0 Å². The van der Waals surface area contributed by atoms with Gasteiger partial charge >= 0.3 is 23.9 Å². The third-order valence-corrected chi connectivity index (χ3v) is 7.08. The first-order valence-corrected chi connectivity index (χ1v) is 14.4. The molecule has 3 heterocycles. The molecular formula is C31H41N5O9. The van der Waals surface area contributed by atoms with Crippen LogP contribution in [0.15, 0.2) is 60.7 Å². The van der Waals surface area contributed by atoms with Gasteiger partial charge < -0.3 is 39.9 Å². The van der Waals surface area contributed by atoms with Crippen LogP contribution in [0.2, 0.25) is 0 Å². The highest BCUT2D eigenvalue weighted by Gasteiger charge is 2.39. The van der Waals surface area contributed by atoms with E-state index in [0.717, 1.165) is 67.4 Å². The number of aromatic nitrogens is 2. The summed E-state index contributed by atoms with van der Waals surface area (Å²) in [6.07, 6.45) is 2.23. The SMILES string of the molecule is CCN(CC)CCOc1cccc(-c2ccc(N3CC4CN(C)CC4C3)nn2)c1.O=C(O)/C=C/C(=O)O.O=C(O)/C=C/C(=O)O. The Morgan fingerprint density at radius 3 is 1.80 bits per heavy atom. The van der Waals surface area contributed by atoms with Crippen molar-refractivity contribution in [2.24, 2.45) is 11.8 Å². The van der Waals surface area contributed by atoms with Crippen molar-refractivity contribution in [2.45, 2.75) is 13.8 Å². The minimum Gasteiger partial charge on any atom is -0.492 e. The molecular weight excluding hydrogens is 586 g/mol. The number of benzene rings is 1. The first-order chi connectivity index (χ1) is 21.4. The number of fused-ring (bicyclic) bond motifs is 1. The van der Waals surface area contributed by atoms with Crippen LogP contribution in [0, 0.1) is 11.8 Å². The second-order valence-corrected chi connectivity index (χ2v) is 10.3. The van der Waals surface area contributed by atoms with E-state index in [0.29, 0.717) is 30.9 Å². The average molecular weight is 628 g/mol. The molecule has 2 atom stereocenters. The first kappa shape index (κ1) is 36.4. The van der Waals surface area contributed by atoms with Crippen LogP contribution >= 0.6 is 0 Å². The Balaban J connectivity index is 0.000000365. The first-order valence-electron chi connectivity index (χ1n) is 14.4. The van der Waals surface area contributed by atoms with Gasteiger partial charge in [-0.25, -0.2) is 19.2 Å². The van der Waals surface area contributed by atoms with Crippen LogP contribution in [0.5, 0.6) is 5.75 Å². The van der Waals surface area contributed by atoms with Crippen molar-refractivity contribution in [3.63, 3.8) is 0 Å². The van der Waals surface area contributed by atoms with E-state index >= 15 is 0 Å². The van der Waals surface area contributed by atoms with Crippen LogP contribution in [0.25, 0.3) is 11.3 Å². The average Bonchev–Trinajstić information content (AvgIpc) is 3.56. The zero-order valence-electron chi connectivity index (χ0n) is 25.7. The molecule has 2 unspecified atom stereocenters. The largest absolute Gasteiger partial charge is 0.492 e. The number of nitrogens with zero attached hydrogens (tertiary/aromatic N) is 5. The molecule has 0 aliphatic carbocycles. The molecule has 1 aromatic carbocycles. The van der Waals surface area contributed by atoms with E-state index in [9.17, 15) is 19.2 Å². The molecule has 0 saturated carbocycles. The molecule has 14 heteroatoms. The van der Waals surface area contributed by atoms with E-state index in [4.69, 9.17) is 25.2 Å². The van der Waals surface area contributed by atoms with Gasteiger partial charge in [-0.05, 0) is 56.2 Å². The van der Waals surface area contributed by atoms with Crippen molar-refractivity contribution in [3.8, 4) is 17.0 Å². The summed E-state index contributed by atoms with van der Waals surface area (Å²) >= 11 is 0. The summed E-state index contributed by atoms with van der Waals surface area (Å²) in [5, 5.41) is 40.3. The van der Waals surface area contributed by atoms with E-state index < -0.39 is 23.9 Å². The number of rotatable bonds is 12. The van der Waals surface area contributed by atoms with Gasteiger partial charge in [-0.2, -0.15) is 0 Å². The Kier molecular flexibility index (Phi) is 15.2. The van der Waals surface area contributed by atoms with Gasteiger partial charge in [-0.1, -0.05) is 26.0 Å². The zero-order valence-corrected chi connectivity index (χ0v) is 25.7. The van der Waals surface area contributed by atoms with Crippen LogP contribution in [0.1, 0.15) is 13.8 Å². The van der Waals surface area contributed by atoms with Crippen molar-refractivity contribution in [2.75, 3.05) is 64.4 Å². The third kappa shape index (κ3) is 13.6. The number of hydrogen-bond donors (Lipinski definition) is 4. The Morgan fingerprint density at radius 1 is 0.822 bits per heavy atom. The van der Waals surface area contributed by atoms with Crippen molar-refractivity contribution in [1.29, 1.82) is 0 Å². The summed E-state index contributed by atoms with van der Waals surface area (Å²) in [7, 11) is 2.22. The summed E-state index contributed by atoms with van der Waals surface area (Å²) < 4.78 is 5.96. The molecule has 2 aromatic rings. The highest BCUT2D eigenvalue weighted by molar-refractivity contribution is 5.90. The Labute approximate surface area is 261 Å². The second kappa shape index (κ2) is 18.8. The van der Waals surface area contributed by atoms with E-state index in [-0.39, 0.29) is 0 Å². The summed E-state index contributed by atoms with van der Waals surface area (Å²) in [5.41, 5.74) is 1.94. The van der Waals surface area contributed by atoms with Gasteiger partial charge in [0, 0.05) is 62.6 Å². The van der Waals surface area contributed by atoms with E-state index in [1.807, 2.05) is 12.1 Å². The van der Waals surface area contributed by atoms with E-state index in [1.54, 1.807) is 0 Å². The zero-order chi connectivity index (χ0) is 33.4. The smallest absolute Gasteiger partial charge is 0.328 e. The molecule has 2 saturated heterocycles. The Bertz CT molecular complexity index is 1250. The van der Waals surface area contributed by atoms with Gasteiger partial charge in [0.1, 0.15) is 12.4 Å². The number of ether oxygens (including phenoxy) is 1. The van der Waals surface area contributed by atoms with Gasteiger partial charge in [0.05, 0.1) is 5.69 Å². The molecule has 0 bridgehead atoms. The number of carboxylic acid groups (broad SMARTS) is 4. The van der Waals surface area contributed by atoms with Crippen molar-refractivity contribution in [3.05, 3.63) is 60.7 Å². The molecule has 14 nitrogen and oxygen atoms in total. The molecule has 4 N–H and O–H groups in total. The fraction of sp³-hybridized carbons (Fsp3) is 0.419. The molecule has 2 aliphatic heterocycles. The molecule has 4 rings (SSSR count). The second-order valence-electron chi connectivity index (χ2n) is 10.3. The monoisotopic (exact) mass is 627 g/mol. The maximum atomic E-state index is 9.55. The van der Waals surface area contributed by atoms with E-state index in [2.05, 4.69) is 70.1 Å². The number of anilines is 1. The molecule has 0 amide bonds. The van der Waals surface area contributed by atoms with Gasteiger partial charge in [-0.3, -0.25) is 0 Å². The maximum absolute atomic E-state index is 9.55. The standard InChI is InChI=1S/C23H33N5O.2C4H4O4/c1-4-27(5-2)11-12-29-21-8-6-7-18(13-21)22-9-10-23(25-24-22)28-16-19-14-26(3)15-20(19)17-28;2*5-3(6)1-2-4(7)8/h6-10,13,19-20H,4-5,11-12,14-17H2,1-3H3;2*1-2H,(H,5,6)(H,7,8)/b;2*2-1+. The summed E-state index contributed by atoms with van der Waals surface area (Å²) in [5.74, 6) is -1.60. The van der Waals surface area contributed by atoms with Gasteiger partial charge in [-0.15, -0.1) is 10.2 Å². The minimum absolute atomic E-state index is 0.558. The summed E-state index contributed by atoms with van der Waals surface area (Å²) in [6.45, 7) is 12.7. The molecule has 2 aliphatic rings. The lowest BCUT2D eigenvalue weighted by Gasteiger charge is -2.20. The number of hydrogen-bond acceptors (Lipinski definition) is 10. The quantitative estimate of drug-likeness (QED) is 0.250. The fourth-order valence-corrected chi connectivity index (χ4v) is 4.93. The van der Waals surface area contributed by atoms with Crippen LogP contribution < -0.4 is 9.64 Å².